The Balaban J connectivity index is 1.76. The standard InChI is InChI=1S/C21H15BrClN3O2S/c22-15-9-7-14(8-10-15)13-24-26-21(28)19(12-16-4-3-11-29-16)25-20(27)17-5-1-2-6-18(17)23/h1-13H,(H,25,27)(H,26,28)/b19-12+,24-13+. The molecule has 146 valence electrons. The number of nitrogens with zero attached hydrogens (tertiary/aromatic N) is 1. The van der Waals surface area contributed by atoms with Crippen molar-refractivity contribution in [2.24, 2.45) is 5.10 Å². The van der Waals surface area contributed by atoms with E-state index in [1.165, 1.54) is 17.6 Å². The van der Waals surface area contributed by atoms with Gasteiger partial charge in [0.25, 0.3) is 11.8 Å². The van der Waals surface area contributed by atoms with E-state index in [1.54, 1.807) is 30.3 Å². The summed E-state index contributed by atoms with van der Waals surface area (Å²) in [5.74, 6) is -1.03. The van der Waals surface area contributed by atoms with Crippen LogP contribution in [-0.4, -0.2) is 18.0 Å². The van der Waals surface area contributed by atoms with Gasteiger partial charge in [0.1, 0.15) is 5.70 Å². The topological polar surface area (TPSA) is 70.6 Å². The van der Waals surface area contributed by atoms with Gasteiger partial charge in [-0.25, -0.2) is 5.43 Å². The first-order chi connectivity index (χ1) is 14.0. The van der Waals surface area contributed by atoms with Crippen LogP contribution >= 0.6 is 38.9 Å². The minimum atomic E-state index is -0.549. The molecule has 0 aliphatic rings. The molecular weight excluding hydrogens is 474 g/mol. The summed E-state index contributed by atoms with van der Waals surface area (Å²) in [6.45, 7) is 0. The molecule has 3 rings (SSSR count). The zero-order chi connectivity index (χ0) is 20.6. The molecule has 3 aromatic rings. The zero-order valence-electron chi connectivity index (χ0n) is 14.9. The van der Waals surface area contributed by atoms with Crippen LogP contribution in [-0.2, 0) is 4.79 Å². The Morgan fingerprint density at radius 3 is 2.48 bits per heavy atom. The van der Waals surface area contributed by atoms with E-state index < -0.39 is 11.8 Å². The molecule has 0 aliphatic carbocycles. The molecule has 1 aromatic heterocycles. The molecule has 0 unspecified atom stereocenters. The lowest BCUT2D eigenvalue weighted by molar-refractivity contribution is -0.117. The van der Waals surface area contributed by atoms with Crippen LogP contribution in [0.1, 0.15) is 20.8 Å². The van der Waals surface area contributed by atoms with Crippen molar-refractivity contribution in [2.75, 3.05) is 0 Å². The highest BCUT2D eigenvalue weighted by atomic mass is 79.9. The molecule has 29 heavy (non-hydrogen) atoms. The van der Waals surface area contributed by atoms with Crippen LogP contribution < -0.4 is 10.7 Å². The van der Waals surface area contributed by atoms with Crippen molar-refractivity contribution in [2.45, 2.75) is 0 Å². The molecule has 0 bridgehead atoms. The molecule has 1 heterocycles. The van der Waals surface area contributed by atoms with Gasteiger partial charge in [-0.15, -0.1) is 11.3 Å². The highest BCUT2D eigenvalue weighted by molar-refractivity contribution is 9.10. The SMILES string of the molecule is O=C(N/N=C/c1ccc(Br)cc1)/C(=C\c1cccs1)NC(=O)c1ccccc1Cl. The van der Waals surface area contributed by atoms with Gasteiger partial charge in [-0.3, -0.25) is 9.59 Å². The first-order valence-electron chi connectivity index (χ1n) is 8.43. The fraction of sp³-hybridized carbons (Fsp3) is 0. The summed E-state index contributed by atoms with van der Waals surface area (Å²) in [5.41, 5.74) is 3.59. The molecule has 8 heteroatoms. The molecule has 2 amide bonds. The van der Waals surface area contributed by atoms with Crippen LogP contribution in [0.25, 0.3) is 6.08 Å². The number of hydrogen-bond donors (Lipinski definition) is 2. The van der Waals surface area contributed by atoms with Gasteiger partial charge in [-0.2, -0.15) is 5.10 Å². The highest BCUT2D eigenvalue weighted by Gasteiger charge is 2.16. The maximum absolute atomic E-state index is 12.6. The van der Waals surface area contributed by atoms with Gasteiger partial charge in [0.2, 0.25) is 0 Å². The van der Waals surface area contributed by atoms with Crippen molar-refractivity contribution in [1.29, 1.82) is 0 Å². The lowest BCUT2D eigenvalue weighted by atomic mass is 10.2. The lowest BCUT2D eigenvalue weighted by Crippen LogP contribution is -2.32. The normalized spacial score (nSPS) is 11.4. The number of hydrazone groups is 1. The molecule has 0 fully saturated rings. The third-order valence-corrected chi connectivity index (χ3v) is 5.37. The number of rotatable bonds is 6. The van der Waals surface area contributed by atoms with E-state index in [4.69, 9.17) is 11.6 Å². The summed E-state index contributed by atoms with van der Waals surface area (Å²) in [6.07, 6.45) is 3.10. The average molecular weight is 489 g/mol. The van der Waals surface area contributed by atoms with Gasteiger partial charge in [0, 0.05) is 9.35 Å². The van der Waals surface area contributed by atoms with Gasteiger partial charge < -0.3 is 5.32 Å². The summed E-state index contributed by atoms with van der Waals surface area (Å²) in [4.78, 5) is 26.0. The molecular formula is C21H15BrClN3O2S. The summed E-state index contributed by atoms with van der Waals surface area (Å²) in [6, 6.07) is 17.8. The fourth-order valence-corrected chi connectivity index (χ4v) is 3.43. The van der Waals surface area contributed by atoms with Gasteiger partial charge in [-0.1, -0.05) is 57.9 Å². The quantitative estimate of drug-likeness (QED) is 0.288. The van der Waals surface area contributed by atoms with Crippen LogP contribution in [0.2, 0.25) is 5.02 Å². The highest BCUT2D eigenvalue weighted by Crippen LogP contribution is 2.17. The fourth-order valence-electron chi connectivity index (χ4n) is 2.28. The second kappa shape index (κ2) is 10.2. The monoisotopic (exact) mass is 487 g/mol. The number of thiophene rings is 1. The number of halogens is 2. The summed E-state index contributed by atoms with van der Waals surface area (Å²) < 4.78 is 0.946. The molecule has 0 spiro atoms. The number of carbonyl (C=O) groups excluding carboxylic acids is 2. The minimum absolute atomic E-state index is 0.0605. The Morgan fingerprint density at radius 2 is 1.79 bits per heavy atom. The van der Waals surface area contributed by atoms with Gasteiger partial charge in [0.05, 0.1) is 16.8 Å². The van der Waals surface area contributed by atoms with E-state index >= 15 is 0 Å². The number of carbonyl (C=O) groups is 2. The molecule has 0 aliphatic heterocycles. The van der Waals surface area contributed by atoms with Gasteiger partial charge in [-0.05, 0) is 47.4 Å². The third kappa shape index (κ3) is 6.12. The van der Waals surface area contributed by atoms with Crippen LogP contribution in [0.5, 0.6) is 0 Å². The smallest absolute Gasteiger partial charge is 0.287 e. The van der Waals surface area contributed by atoms with Crippen LogP contribution in [0.15, 0.2) is 81.3 Å². The number of hydrogen-bond acceptors (Lipinski definition) is 4. The van der Waals surface area contributed by atoms with Crippen molar-refractivity contribution in [1.82, 2.24) is 10.7 Å². The number of benzene rings is 2. The largest absolute Gasteiger partial charge is 0.317 e. The minimum Gasteiger partial charge on any atom is -0.317 e. The predicted molar refractivity (Wildman–Crippen MR) is 121 cm³/mol. The van der Waals surface area contributed by atoms with E-state index in [0.29, 0.717) is 5.02 Å². The first kappa shape index (κ1) is 21.0. The molecule has 2 aromatic carbocycles. The molecule has 5 nitrogen and oxygen atoms in total. The summed E-state index contributed by atoms with van der Waals surface area (Å²) in [5, 5.41) is 8.76. The van der Waals surface area contributed by atoms with E-state index in [0.717, 1.165) is 14.9 Å². The van der Waals surface area contributed by atoms with Crippen LogP contribution in [0, 0.1) is 0 Å². The maximum atomic E-state index is 12.6. The Kier molecular flexibility index (Phi) is 7.35. The van der Waals surface area contributed by atoms with Crippen molar-refractivity contribution >= 4 is 63.0 Å². The van der Waals surface area contributed by atoms with E-state index in [-0.39, 0.29) is 11.3 Å². The Hall–Kier alpha value is -2.74. The number of nitrogens with one attached hydrogen (secondary N) is 2. The predicted octanol–water partition coefficient (Wildman–Crippen LogP) is 5.09. The second-order valence-corrected chi connectivity index (χ2v) is 8.06. The van der Waals surface area contributed by atoms with Crippen LogP contribution in [0.4, 0.5) is 0 Å². The maximum Gasteiger partial charge on any atom is 0.287 e. The Morgan fingerprint density at radius 1 is 1.03 bits per heavy atom. The van der Waals surface area contributed by atoms with Gasteiger partial charge >= 0.3 is 0 Å². The zero-order valence-corrected chi connectivity index (χ0v) is 18.1. The molecule has 2 N–H and O–H groups in total. The van der Waals surface area contributed by atoms with Crippen molar-refractivity contribution in [3.8, 4) is 0 Å². The number of amides is 2. The second-order valence-electron chi connectivity index (χ2n) is 5.76. The van der Waals surface area contributed by atoms with E-state index in [2.05, 4.69) is 31.8 Å². The third-order valence-electron chi connectivity index (χ3n) is 3.69. The van der Waals surface area contributed by atoms with E-state index in [9.17, 15) is 9.59 Å². The van der Waals surface area contributed by atoms with Crippen molar-refractivity contribution in [3.63, 3.8) is 0 Å². The lowest BCUT2D eigenvalue weighted by Gasteiger charge is -2.09. The van der Waals surface area contributed by atoms with Gasteiger partial charge in [0.15, 0.2) is 0 Å². The Bertz CT molecular complexity index is 1060. The molecule has 0 saturated carbocycles. The van der Waals surface area contributed by atoms with E-state index in [1.807, 2.05) is 41.8 Å². The molecule has 0 atom stereocenters. The summed E-state index contributed by atoms with van der Waals surface area (Å²) >= 11 is 10.9. The van der Waals surface area contributed by atoms with Crippen LogP contribution in [0.3, 0.4) is 0 Å². The molecule has 0 radical (unpaired) electrons. The average Bonchev–Trinajstić information content (AvgIpc) is 3.22. The van der Waals surface area contributed by atoms with Crippen molar-refractivity contribution in [3.05, 3.63) is 97.2 Å². The summed E-state index contributed by atoms with van der Waals surface area (Å²) in [7, 11) is 0. The first-order valence-corrected chi connectivity index (χ1v) is 10.5. The molecule has 0 saturated heterocycles. The van der Waals surface area contributed by atoms with Crippen molar-refractivity contribution < 1.29 is 9.59 Å². The Labute approximate surface area is 185 Å².